The summed E-state index contributed by atoms with van der Waals surface area (Å²) in [6.07, 6.45) is 6.61. The summed E-state index contributed by atoms with van der Waals surface area (Å²) >= 11 is 0. The van der Waals surface area contributed by atoms with E-state index in [0.717, 1.165) is 59.8 Å². The van der Waals surface area contributed by atoms with E-state index in [1.807, 2.05) is 31.5 Å². The van der Waals surface area contributed by atoms with Gasteiger partial charge in [-0.2, -0.15) is 5.26 Å². The smallest absolute Gasteiger partial charge is 0.157 e. The molecule has 150 valence electrons. The highest BCUT2D eigenvalue weighted by molar-refractivity contribution is 5.85. The Morgan fingerprint density at radius 1 is 1.17 bits per heavy atom. The van der Waals surface area contributed by atoms with E-state index in [1.54, 1.807) is 0 Å². The van der Waals surface area contributed by atoms with Crippen LogP contribution in [-0.2, 0) is 0 Å². The van der Waals surface area contributed by atoms with Crippen LogP contribution in [0.15, 0.2) is 36.7 Å². The zero-order valence-electron chi connectivity index (χ0n) is 17.0. The summed E-state index contributed by atoms with van der Waals surface area (Å²) in [5.41, 5.74) is 4.33. The van der Waals surface area contributed by atoms with E-state index >= 15 is 0 Å². The molecule has 1 unspecified atom stereocenters. The summed E-state index contributed by atoms with van der Waals surface area (Å²) in [5.74, 6) is 2.60. The van der Waals surface area contributed by atoms with Crippen molar-refractivity contribution in [2.24, 2.45) is 0 Å². The van der Waals surface area contributed by atoms with Crippen LogP contribution in [0.2, 0.25) is 0 Å². The molecule has 1 atom stereocenters. The third-order valence-corrected chi connectivity index (χ3v) is 6.52. The first kappa shape index (κ1) is 17.5. The second-order valence-corrected chi connectivity index (χ2v) is 8.54. The normalized spacial score (nSPS) is 19.5. The van der Waals surface area contributed by atoms with Crippen LogP contribution in [0.25, 0.3) is 16.7 Å². The Kier molecular flexibility index (Phi) is 3.82. The quantitative estimate of drug-likeness (QED) is 0.523. The minimum atomic E-state index is 0.364. The number of fused-ring (bicyclic) bond motifs is 3. The van der Waals surface area contributed by atoms with Gasteiger partial charge in [0.25, 0.3) is 0 Å². The molecule has 4 aromatic rings. The Morgan fingerprint density at radius 2 is 2.03 bits per heavy atom. The molecular weight excluding hydrogens is 374 g/mol. The second-order valence-electron chi connectivity index (χ2n) is 8.54. The minimum absolute atomic E-state index is 0.364. The molecule has 1 aliphatic carbocycles. The first-order valence-corrected chi connectivity index (χ1v) is 10.7. The summed E-state index contributed by atoms with van der Waals surface area (Å²) in [6.45, 7) is 3.89. The van der Waals surface area contributed by atoms with Crippen molar-refractivity contribution in [1.82, 2.24) is 24.1 Å². The van der Waals surface area contributed by atoms with E-state index in [4.69, 9.17) is 4.98 Å². The fraction of sp³-hybridized carbons (Fsp3) is 0.391. The first-order chi connectivity index (χ1) is 14.7. The number of piperidine rings is 1. The molecule has 2 aliphatic rings. The Morgan fingerprint density at radius 3 is 2.87 bits per heavy atom. The minimum Gasteiger partial charge on any atom is -0.357 e. The predicted molar refractivity (Wildman–Crippen MR) is 115 cm³/mol. The maximum Gasteiger partial charge on any atom is 0.157 e. The Bertz CT molecular complexity index is 1300. The van der Waals surface area contributed by atoms with Crippen LogP contribution >= 0.6 is 0 Å². The number of benzene rings is 1. The number of hydrogen-bond acceptors (Lipinski definition) is 5. The van der Waals surface area contributed by atoms with Gasteiger partial charge in [0.15, 0.2) is 5.65 Å². The van der Waals surface area contributed by atoms with Crippen LogP contribution in [0.3, 0.4) is 0 Å². The molecule has 1 saturated heterocycles. The van der Waals surface area contributed by atoms with E-state index in [9.17, 15) is 5.26 Å². The molecule has 6 rings (SSSR count). The van der Waals surface area contributed by atoms with Crippen molar-refractivity contribution in [3.05, 3.63) is 53.6 Å². The van der Waals surface area contributed by atoms with Gasteiger partial charge in [0.1, 0.15) is 24.0 Å². The Hall–Kier alpha value is -3.40. The van der Waals surface area contributed by atoms with Crippen LogP contribution < -0.4 is 4.90 Å². The number of para-hydroxylation sites is 2. The third kappa shape index (κ3) is 2.60. The molecule has 3 aromatic heterocycles. The Labute approximate surface area is 174 Å². The van der Waals surface area contributed by atoms with E-state index in [1.165, 1.54) is 12.8 Å². The number of pyridine rings is 1. The average Bonchev–Trinajstić information content (AvgIpc) is 3.37. The fourth-order valence-corrected chi connectivity index (χ4v) is 4.88. The zero-order chi connectivity index (χ0) is 20.2. The molecule has 0 amide bonds. The lowest BCUT2D eigenvalue weighted by atomic mass is 9.96. The molecule has 1 aliphatic heterocycles. The van der Waals surface area contributed by atoms with Gasteiger partial charge in [-0.05, 0) is 56.4 Å². The van der Waals surface area contributed by atoms with Crippen LogP contribution in [0.4, 0.5) is 5.82 Å². The van der Waals surface area contributed by atoms with Gasteiger partial charge in [0, 0.05) is 25.0 Å². The molecule has 7 heteroatoms. The van der Waals surface area contributed by atoms with Crippen LogP contribution in [0.5, 0.6) is 0 Å². The van der Waals surface area contributed by atoms with Crippen molar-refractivity contribution < 1.29 is 0 Å². The van der Waals surface area contributed by atoms with Crippen molar-refractivity contribution >= 4 is 22.5 Å². The van der Waals surface area contributed by atoms with E-state index in [0.29, 0.717) is 17.5 Å². The molecule has 0 spiro atoms. The molecule has 0 N–H and O–H groups in total. The van der Waals surface area contributed by atoms with Crippen molar-refractivity contribution in [1.29, 1.82) is 5.26 Å². The first-order valence-electron chi connectivity index (χ1n) is 10.7. The van der Waals surface area contributed by atoms with Gasteiger partial charge in [-0.25, -0.2) is 4.98 Å². The standard InChI is InChI=1S/C23H23N7/c1-15-11-21(30-20-7-3-2-6-19(20)26-23(30)18(15)12-24)28-10-4-5-16(13-28)22-27-25-14-29(22)17-8-9-17/h2-3,6-7,11,14,16-17H,4-5,8-10,13H2,1H3. The molecule has 7 nitrogen and oxygen atoms in total. The van der Waals surface area contributed by atoms with E-state index in [2.05, 4.69) is 42.3 Å². The topological polar surface area (TPSA) is 75.0 Å². The summed E-state index contributed by atoms with van der Waals surface area (Å²) in [4.78, 5) is 7.24. The van der Waals surface area contributed by atoms with Crippen molar-refractivity contribution in [2.75, 3.05) is 18.0 Å². The van der Waals surface area contributed by atoms with Crippen molar-refractivity contribution in [3.8, 4) is 6.07 Å². The monoisotopic (exact) mass is 397 g/mol. The molecular formula is C23H23N7. The molecule has 30 heavy (non-hydrogen) atoms. The van der Waals surface area contributed by atoms with Gasteiger partial charge >= 0.3 is 0 Å². The van der Waals surface area contributed by atoms with Crippen molar-refractivity contribution in [3.63, 3.8) is 0 Å². The second kappa shape index (κ2) is 6.56. The van der Waals surface area contributed by atoms with Gasteiger partial charge < -0.3 is 9.47 Å². The number of nitrogens with zero attached hydrogens (tertiary/aromatic N) is 7. The van der Waals surface area contributed by atoms with Gasteiger partial charge in [-0.3, -0.25) is 4.40 Å². The highest BCUT2D eigenvalue weighted by Gasteiger charge is 2.32. The van der Waals surface area contributed by atoms with Gasteiger partial charge in [0.2, 0.25) is 0 Å². The highest BCUT2D eigenvalue weighted by atomic mass is 15.3. The number of rotatable bonds is 3. The number of aromatic nitrogens is 5. The molecule has 2 fully saturated rings. The number of nitriles is 1. The number of anilines is 1. The lowest BCUT2D eigenvalue weighted by Crippen LogP contribution is -2.36. The number of hydrogen-bond donors (Lipinski definition) is 0. The molecule has 0 bridgehead atoms. The van der Waals surface area contributed by atoms with Crippen LogP contribution in [0, 0.1) is 18.3 Å². The molecule has 4 heterocycles. The number of imidazole rings is 1. The van der Waals surface area contributed by atoms with Crippen LogP contribution in [0.1, 0.15) is 54.6 Å². The average molecular weight is 397 g/mol. The summed E-state index contributed by atoms with van der Waals surface area (Å²) in [7, 11) is 0. The van der Waals surface area contributed by atoms with Gasteiger partial charge in [0.05, 0.1) is 16.6 Å². The summed E-state index contributed by atoms with van der Waals surface area (Å²) in [6, 6.07) is 13.2. The fourth-order valence-electron chi connectivity index (χ4n) is 4.88. The van der Waals surface area contributed by atoms with Crippen LogP contribution in [-0.4, -0.2) is 37.2 Å². The SMILES string of the molecule is Cc1cc(N2CCCC(c3nncn3C3CC3)C2)n2c(nc3ccccc32)c1C#N. The Balaban J connectivity index is 1.47. The van der Waals surface area contributed by atoms with E-state index in [-0.39, 0.29) is 0 Å². The molecule has 0 radical (unpaired) electrons. The zero-order valence-corrected chi connectivity index (χ0v) is 17.0. The lowest BCUT2D eigenvalue weighted by Gasteiger charge is -2.34. The largest absolute Gasteiger partial charge is 0.357 e. The third-order valence-electron chi connectivity index (χ3n) is 6.52. The highest BCUT2D eigenvalue weighted by Crippen LogP contribution is 2.39. The lowest BCUT2D eigenvalue weighted by molar-refractivity contribution is 0.468. The van der Waals surface area contributed by atoms with E-state index < -0.39 is 0 Å². The van der Waals surface area contributed by atoms with Gasteiger partial charge in [-0.15, -0.1) is 10.2 Å². The predicted octanol–water partition coefficient (Wildman–Crippen LogP) is 3.98. The maximum atomic E-state index is 9.76. The molecule has 1 saturated carbocycles. The maximum absolute atomic E-state index is 9.76. The summed E-state index contributed by atoms with van der Waals surface area (Å²) in [5, 5.41) is 18.5. The van der Waals surface area contributed by atoms with Gasteiger partial charge in [-0.1, -0.05) is 12.1 Å². The summed E-state index contributed by atoms with van der Waals surface area (Å²) < 4.78 is 4.45. The van der Waals surface area contributed by atoms with Crippen molar-refractivity contribution in [2.45, 2.75) is 44.6 Å². The number of aryl methyl sites for hydroxylation is 1. The molecule has 1 aromatic carbocycles.